The third-order valence-electron chi connectivity index (χ3n) is 3.09. The van der Waals surface area contributed by atoms with Crippen molar-refractivity contribution in [1.82, 2.24) is 9.80 Å². The van der Waals surface area contributed by atoms with Crippen LogP contribution in [0.2, 0.25) is 0 Å². The number of carbonyl (C=O) groups excluding carboxylic acids is 2. The van der Waals surface area contributed by atoms with E-state index in [4.69, 9.17) is 12.2 Å². The van der Waals surface area contributed by atoms with Gasteiger partial charge in [0.25, 0.3) is 11.8 Å². The maximum Gasteiger partial charge on any atom is 0.265 e. The van der Waals surface area contributed by atoms with Gasteiger partial charge in [-0.3, -0.25) is 19.4 Å². The molecule has 1 aromatic heterocycles. The molecule has 0 unspecified atom stereocenters. The Labute approximate surface area is 127 Å². The molecule has 1 aliphatic heterocycles. The van der Waals surface area contributed by atoms with Crippen molar-refractivity contribution in [3.8, 4) is 0 Å². The van der Waals surface area contributed by atoms with Crippen molar-refractivity contribution in [2.24, 2.45) is 0 Å². The average molecular weight is 308 g/mol. The van der Waals surface area contributed by atoms with Crippen molar-refractivity contribution in [2.45, 2.75) is 20.8 Å². The van der Waals surface area contributed by atoms with E-state index in [1.807, 2.05) is 32.9 Å². The van der Waals surface area contributed by atoms with Crippen LogP contribution in [0, 0.1) is 6.92 Å². The molecule has 1 aromatic rings. The molecule has 4 nitrogen and oxygen atoms in total. The normalized spacial score (nSPS) is 16.1. The summed E-state index contributed by atoms with van der Waals surface area (Å²) >= 11 is 6.76. The Balaban J connectivity index is 2.45. The highest BCUT2D eigenvalue weighted by molar-refractivity contribution is 7.80. The number of carbonyl (C=O) groups is 2. The van der Waals surface area contributed by atoms with Gasteiger partial charge >= 0.3 is 0 Å². The van der Waals surface area contributed by atoms with Crippen LogP contribution in [-0.4, -0.2) is 39.8 Å². The molecule has 106 valence electrons. The van der Waals surface area contributed by atoms with E-state index in [2.05, 4.69) is 0 Å². The first kappa shape index (κ1) is 14.9. The SMILES string of the molecule is CCN1C(=O)C(=Cc2ccc(C)s2)C(=O)N(CC)C1=S. The van der Waals surface area contributed by atoms with Crippen LogP contribution in [0.3, 0.4) is 0 Å². The zero-order chi connectivity index (χ0) is 14.9. The first-order valence-electron chi connectivity index (χ1n) is 6.45. The Morgan fingerprint density at radius 2 is 1.70 bits per heavy atom. The van der Waals surface area contributed by atoms with Gasteiger partial charge < -0.3 is 0 Å². The molecule has 0 aromatic carbocycles. The predicted molar refractivity (Wildman–Crippen MR) is 84.4 cm³/mol. The summed E-state index contributed by atoms with van der Waals surface area (Å²) in [5, 5.41) is 0.296. The topological polar surface area (TPSA) is 40.6 Å². The van der Waals surface area contributed by atoms with Crippen LogP contribution in [0.15, 0.2) is 17.7 Å². The summed E-state index contributed by atoms with van der Waals surface area (Å²) in [4.78, 5) is 29.7. The lowest BCUT2D eigenvalue weighted by Crippen LogP contribution is -2.55. The zero-order valence-electron chi connectivity index (χ0n) is 11.7. The molecule has 1 saturated heterocycles. The first-order valence-corrected chi connectivity index (χ1v) is 7.67. The maximum atomic E-state index is 12.4. The Bertz CT molecular complexity index is 576. The third kappa shape index (κ3) is 2.53. The van der Waals surface area contributed by atoms with E-state index in [-0.39, 0.29) is 17.4 Å². The van der Waals surface area contributed by atoms with Crippen molar-refractivity contribution in [2.75, 3.05) is 13.1 Å². The molecular formula is C14H16N2O2S2. The number of aryl methyl sites for hydroxylation is 1. The van der Waals surface area contributed by atoms with Gasteiger partial charge in [0.2, 0.25) is 0 Å². The van der Waals surface area contributed by atoms with Crippen LogP contribution in [0.4, 0.5) is 0 Å². The van der Waals surface area contributed by atoms with Crippen LogP contribution >= 0.6 is 23.6 Å². The Kier molecular flexibility index (Phi) is 4.35. The monoisotopic (exact) mass is 308 g/mol. The molecule has 0 saturated carbocycles. The maximum absolute atomic E-state index is 12.4. The summed E-state index contributed by atoms with van der Waals surface area (Å²) in [6, 6.07) is 3.88. The summed E-state index contributed by atoms with van der Waals surface area (Å²) in [5.74, 6) is -0.614. The van der Waals surface area contributed by atoms with Crippen LogP contribution in [0.5, 0.6) is 0 Å². The molecule has 6 heteroatoms. The second kappa shape index (κ2) is 5.85. The van der Waals surface area contributed by atoms with E-state index in [0.717, 1.165) is 9.75 Å². The molecule has 0 N–H and O–H groups in total. The lowest BCUT2D eigenvalue weighted by molar-refractivity contribution is -0.133. The van der Waals surface area contributed by atoms with E-state index in [0.29, 0.717) is 18.2 Å². The van der Waals surface area contributed by atoms with Gasteiger partial charge in [0.15, 0.2) is 5.11 Å². The van der Waals surface area contributed by atoms with Crippen molar-refractivity contribution >= 4 is 46.6 Å². The van der Waals surface area contributed by atoms with Gasteiger partial charge in [-0.25, -0.2) is 0 Å². The summed E-state index contributed by atoms with van der Waals surface area (Å²) in [6.45, 7) is 6.61. The fraction of sp³-hybridized carbons (Fsp3) is 0.357. The summed E-state index contributed by atoms with van der Waals surface area (Å²) in [7, 11) is 0. The van der Waals surface area contributed by atoms with Crippen molar-refractivity contribution < 1.29 is 9.59 Å². The molecule has 20 heavy (non-hydrogen) atoms. The zero-order valence-corrected chi connectivity index (χ0v) is 13.3. The fourth-order valence-electron chi connectivity index (χ4n) is 2.06. The standard InChI is InChI=1S/C14H16N2O2S2/c1-4-15-12(17)11(8-10-7-6-9(3)20-10)13(18)16(5-2)14(15)19/h6-8H,4-5H2,1-3H3. The van der Waals surface area contributed by atoms with Gasteiger partial charge in [-0.2, -0.15) is 0 Å². The molecule has 0 radical (unpaired) electrons. The predicted octanol–water partition coefficient (Wildman–Crippen LogP) is 2.44. The molecule has 1 fully saturated rings. The van der Waals surface area contributed by atoms with Crippen molar-refractivity contribution in [3.05, 3.63) is 27.5 Å². The molecule has 2 rings (SSSR count). The molecular weight excluding hydrogens is 292 g/mol. The summed E-state index contributed by atoms with van der Waals surface area (Å²) in [6.07, 6.45) is 1.66. The van der Waals surface area contributed by atoms with Crippen LogP contribution in [-0.2, 0) is 9.59 Å². The minimum absolute atomic E-state index is 0.184. The fourth-order valence-corrected chi connectivity index (χ4v) is 3.30. The molecule has 1 aliphatic rings. The molecule has 2 amide bonds. The Hall–Kier alpha value is -1.53. The second-order valence-electron chi connectivity index (χ2n) is 4.39. The Morgan fingerprint density at radius 3 is 2.10 bits per heavy atom. The highest BCUT2D eigenvalue weighted by atomic mass is 32.1. The van der Waals surface area contributed by atoms with Crippen molar-refractivity contribution in [3.63, 3.8) is 0 Å². The number of rotatable bonds is 3. The number of amides is 2. The van der Waals surface area contributed by atoms with E-state index in [1.165, 1.54) is 9.80 Å². The van der Waals surface area contributed by atoms with Gasteiger partial charge in [-0.15, -0.1) is 11.3 Å². The number of hydrogen-bond acceptors (Lipinski definition) is 4. The lowest BCUT2D eigenvalue weighted by Gasteiger charge is -2.35. The highest BCUT2D eigenvalue weighted by Gasteiger charge is 2.37. The average Bonchev–Trinajstić information content (AvgIpc) is 2.81. The number of likely N-dealkylation sites (N-methyl/N-ethyl adjacent to an activating group) is 2. The second-order valence-corrected chi connectivity index (χ2v) is 6.07. The summed E-state index contributed by atoms with van der Waals surface area (Å²) in [5.41, 5.74) is 0.184. The third-order valence-corrected chi connectivity index (χ3v) is 4.48. The first-order chi connectivity index (χ1) is 9.49. The minimum Gasteiger partial charge on any atom is -0.285 e. The smallest absolute Gasteiger partial charge is 0.265 e. The number of thiophene rings is 1. The molecule has 0 atom stereocenters. The van der Waals surface area contributed by atoms with E-state index in [1.54, 1.807) is 17.4 Å². The Morgan fingerprint density at radius 1 is 1.15 bits per heavy atom. The minimum atomic E-state index is -0.307. The lowest BCUT2D eigenvalue weighted by atomic mass is 10.1. The van der Waals surface area contributed by atoms with E-state index in [9.17, 15) is 9.59 Å². The highest BCUT2D eigenvalue weighted by Crippen LogP contribution is 2.23. The number of thiocarbonyl (C=S) groups is 1. The van der Waals surface area contributed by atoms with Gasteiger partial charge in [0.1, 0.15) is 5.57 Å². The number of nitrogens with zero attached hydrogens (tertiary/aromatic N) is 2. The van der Waals surface area contributed by atoms with Gasteiger partial charge in [0, 0.05) is 22.8 Å². The van der Waals surface area contributed by atoms with Crippen LogP contribution in [0.1, 0.15) is 23.6 Å². The van der Waals surface area contributed by atoms with Crippen molar-refractivity contribution in [1.29, 1.82) is 0 Å². The molecule has 2 heterocycles. The van der Waals surface area contributed by atoms with E-state index < -0.39 is 0 Å². The summed E-state index contributed by atoms with van der Waals surface area (Å²) < 4.78 is 0. The van der Waals surface area contributed by atoms with Gasteiger partial charge in [0.05, 0.1) is 0 Å². The number of hydrogen-bond donors (Lipinski definition) is 0. The molecule has 0 bridgehead atoms. The van der Waals surface area contributed by atoms with Crippen LogP contribution in [0.25, 0.3) is 6.08 Å². The largest absolute Gasteiger partial charge is 0.285 e. The molecule has 0 aliphatic carbocycles. The van der Waals surface area contributed by atoms with Crippen LogP contribution < -0.4 is 0 Å². The molecule has 0 spiro atoms. The van der Waals surface area contributed by atoms with Gasteiger partial charge in [-0.05, 0) is 51.2 Å². The van der Waals surface area contributed by atoms with Gasteiger partial charge in [-0.1, -0.05) is 0 Å². The quantitative estimate of drug-likeness (QED) is 0.489. The van der Waals surface area contributed by atoms with E-state index >= 15 is 0 Å².